The molecule has 0 saturated carbocycles. The number of fused-ring (bicyclic) bond motifs is 2. The topological polar surface area (TPSA) is 111 Å². The van der Waals surface area contributed by atoms with E-state index in [1.54, 1.807) is 24.3 Å². The van der Waals surface area contributed by atoms with Crippen LogP contribution in [0.25, 0.3) is 0 Å². The van der Waals surface area contributed by atoms with Gasteiger partial charge >= 0.3 is 5.00 Å². The molecule has 0 aliphatic heterocycles. The average Bonchev–Trinajstić information content (AvgIpc) is 3.42. The van der Waals surface area contributed by atoms with E-state index in [-0.39, 0.29) is 27.3 Å². The summed E-state index contributed by atoms with van der Waals surface area (Å²) in [6.45, 7) is 0. The van der Waals surface area contributed by atoms with Crippen molar-refractivity contribution in [2.75, 3.05) is 0 Å². The molecule has 0 atom stereocenters. The zero-order valence-corrected chi connectivity index (χ0v) is 16.6. The molecule has 7 nitrogen and oxygen atoms in total. The molecule has 1 aromatic heterocycles. The highest BCUT2D eigenvalue weighted by Gasteiger charge is 2.53. The number of carbonyl (C=O) groups is 4. The van der Waals surface area contributed by atoms with Gasteiger partial charge in [-0.15, -0.1) is 0 Å². The van der Waals surface area contributed by atoms with Crippen LogP contribution >= 0.6 is 11.3 Å². The third kappa shape index (κ3) is 2.72. The van der Waals surface area contributed by atoms with Crippen molar-refractivity contribution in [3.05, 3.63) is 97.9 Å². The summed E-state index contributed by atoms with van der Waals surface area (Å²) in [6.07, 6.45) is 0. The first-order chi connectivity index (χ1) is 14.9. The Labute approximate surface area is 179 Å². The molecule has 5 rings (SSSR count). The van der Waals surface area contributed by atoms with Crippen molar-refractivity contribution in [3.63, 3.8) is 0 Å². The molecule has 31 heavy (non-hydrogen) atoms. The van der Waals surface area contributed by atoms with E-state index in [2.05, 4.69) is 0 Å². The number of benzene rings is 2. The molecule has 3 aromatic rings. The fraction of sp³-hybridized carbons (Fsp3) is 0.130. The van der Waals surface area contributed by atoms with Crippen LogP contribution in [0.1, 0.15) is 52.2 Å². The highest BCUT2D eigenvalue weighted by molar-refractivity contribution is 7.15. The summed E-state index contributed by atoms with van der Waals surface area (Å²) in [5.41, 5.74) is 0.959. The van der Waals surface area contributed by atoms with Crippen LogP contribution in [-0.4, -0.2) is 28.1 Å². The molecule has 2 aliphatic carbocycles. The summed E-state index contributed by atoms with van der Waals surface area (Å²) in [5.74, 6) is -5.59. The zero-order chi connectivity index (χ0) is 21.9. The zero-order valence-electron chi connectivity index (χ0n) is 15.8. The minimum absolute atomic E-state index is 0.189. The van der Waals surface area contributed by atoms with Crippen LogP contribution in [0.5, 0.6) is 0 Å². The Morgan fingerprint density at radius 1 is 0.677 bits per heavy atom. The van der Waals surface area contributed by atoms with E-state index in [1.165, 1.54) is 36.4 Å². The van der Waals surface area contributed by atoms with Gasteiger partial charge in [-0.3, -0.25) is 29.3 Å². The fourth-order valence-corrected chi connectivity index (χ4v) is 5.52. The average molecular weight is 431 g/mol. The van der Waals surface area contributed by atoms with Crippen molar-refractivity contribution in [2.45, 2.75) is 5.92 Å². The van der Waals surface area contributed by atoms with Gasteiger partial charge in [0.05, 0.1) is 16.8 Å². The molecule has 0 unspecified atom stereocenters. The predicted octanol–water partition coefficient (Wildman–Crippen LogP) is 4.13. The Morgan fingerprint density at radius 2 is 1.06 bits per heavy atom. The molecular formula is C23H13NO6S. The van der Waals surface area contributed by atoms with Gasteiger partial charge < -0.3 is 0 Å². The number of Topliss-reactive ketones (excluding diaryl/α,β-unsaturated/α-hetero) is 4. The minimum atomic E-state index is -1.29. The molecule has 0 radical (unpaired) electrons. The Hall–Kier alpha value is -3.78. The van der Waals surface area contributed by atoms with E-state index in [0.717, 1.165) is 11.3 Å². The van der Waals surface area contributed by atoms with Gasteiger partial charge in [0, 0.05) is 39.1 Å². The van der Waals surface area contributed by atoms with Crippen molar-refractivity contribution in [2.24, 2.45) is 11.8 Å². The van der Waals surface area contributed by atoms with Crippen molar-refractivity contribution in [1.29, 1.82) is 0 Å². The number of rotatable bonds is 4. The lowest BCUT2D eigenvalue weighted by molar-refractivity contribution is -0.380. The van der Waals surface area contributed by atoms with E-state index < -0.39 is 45.8 Å². The second-order valence-corrected chi connectivity index (χ2v) is 8.56. The van der Waals surface area contributed by atoms with E-state index in [1.807, 2.05) is 0 Å². The number of nitro groups is 1. The van der Waals surface area contributed by atoms with Crippen LogP contribution < -0.4 is 0 Å². The molecule has 0 fully saturated rings. The summed E-state index contributed by atoms with van der Waals surface area (Å²) in [4.78, 5) is 63.9. The van der Waals surface area contributed by atoms with Gasteiger partial charge in [-0.25, -0.2) is 0 Å². The molecule has 2 aromatic carbocycles. The van der Waals surface area contributed by atoms with Gasteiger partial charge in [-0.1, -0.05) is 59.9 Å². The van der Waals surface area contributed by atoms with Crippen molar-refractivity contribution in [1.82, 2.24) is 0 Å². The maximum atomic E-state index is 13.2. The van der Waals surface area contributed by atoms with Crippen molar-refractivity contribution < 1.29 is 24.1 Å². The van der Waals surface area contributed by atoms with Crippen LogP contribution in [0.4, 0.5) is 5.00 Å². The van der Waals surface area contributed by atoms with Gasteiger partial charge in [0.2, 0.25) is 0 Å². The summed E-state index contributed by atoms with van der Waals surface area (Å²) in [7, 11) is 0. The Kier molecular flexibility index (Phi) is 4.26. The smallest absolute Gasteiger partial charge is 0.293 e. The van der Waals surface area contributed by atoms with Crippen LogP contribution in [0.15, 0.2) is 60.7 Å². The Bertz CT molecular complexity index is 1180. The third-order valence-electron chi connectivity index (χ3n) is 5.89. The number of thiophene rings is 1. The number of hydrogen-bond donors (Lipinski definition) is 0. The molecule has 0 amide bonds. The molecule has 8 heteroatoms. The molecule has 0 bridgehead atoms. The monoisotopic (exact) mass is 431 g/mol. The minimum Gasteiger partial charge on any atom is -0.293 e. The second kappa shape index (κ2) is 6.88. The van der Waals surface area contributed by atoms with Gasteiger partial charge in [-0.2, -0.15) is 0 Å². The molecule has 0 spiro atoms. The summed E-state index contributed by atoms with van der Waals surface area (Å²) in [6, 6.07) is 15.4. The number of hydrogen-bond acceptors (Lipinski definition) is 7. The first-order valence-electron chi connectivity index (χ1n) is 9.49. The first-order valence-corrected chi connectivity index (χ1v) is 10.3. The van der Waals surface area contributed by atoms with E-state index in [9.17, 15) is 29.3 Å². The predicted molar refractivity (Wildman–Crippen MR) is 111 cm³/mol. The Morgan fingerprint density at radius 3 is 1.39 bits per heavy atom. The van der Waals surface area contributed by atoms with Gasteiger partial charge in [0.1, 0.15) is 0 Å². The normalized spacial score (nSPS) is 16.3. The summed E-state index contributed by atoms with van der Waals surface area (Å²) in [5, 5.41) is 11.1. The van der Waals surface area contributed by atoms with Crippen LogP contribution in [0.3, 0.4) is 0 Å². The van der Waals surface area contributed by atoms with Crippen molar-refractivity contribution >= 4 is 39.5 Å². The number of ketones is 4. The molecule has 2 aliphatic rings. The first kappa shape index (κ1) is 19.2. The fourth-order valence-electron chi connectivity index (χ4n) is 4.53. The third-order valence-corrected chi connectivity index (χ3v) is 7.02. The largest absolute Gasteiger partial charge is 0.324 e. The lowest BCUT2D eigenvalue weighted by Crippen LogP contribution is -2.34. The van der Waals surface area contributed by atoms with E-state index in [0.29, 0.717) is 4.88 Å². The van der Waals surface area contributed by atoms with Gasteiger partial charge in [-0.05, 0) is 6.07 Å². The molecule has 0 N–H and O–H groups in total. The van der Waals surface area contributed by atoms with Crippen LogP contribution in [0, 0.1) is 22.0 Å². The van der Waals surface area contributed by atoms with Crippen LogP contribution in [0.2, 0.25) is 0 Å². The lowest BCUT2D eigenvalue weighted by Gasteiger charge is -2.24. The summed E-state index contributed by atoms with van der Waals surface area (Å²) >= 11 is 0.780. The van der Waals surface area contributed by atoms with E-state index in [4.69, 9.17) is 0 Å². The second-order valence-electron chi connectivity index (χ2n) is 7.46. The summed E-state index contributed by atoms with van der Waals surface area (Å²) < 4.78 is 0. The van der Waals surface area contributed by atoms with Crippen LogP contribution in [-0.2, 0) is 0 Å². The standard InChI is InChI=1S/C23H13NO6S/c25-20-11-5-1-2-6-12(11)21(26)18(20)17(15-9-10-16(31-15)24(29)30)19-22(27)13-7-3-4-8-14(13)23(19)28/h1-10,17-19H. The van der Waals surface area contributed by atoms with Gasteiger partial charge in [0.15, 0.2) is 23.1 Å². The van der Waals surface area contributed by atoms with Crippen molar-refractivity contribution in [3.8, 4) is 0 Å². The highest BCUT2D eigenvalue weighted by Crippen LogP contribution is 2.48. The maximum Gasteiger partial charge on any atom is 0.324 e. The molecular weight excluding hydrogens is 418 g/mol. The van der Waals surface area contributed by atoms with E-state index >= 15 is 0 Å². The van der Waals surface area contributed by atoms with Gasteiger partial charge in [0.25, 0.3) is 0 Å². The molecule has 152 valence electrons. The molecule has 1 heterocycles. The number of nitrogens with zero attached hydrogens (tertiary/aromatic N) is 1. The molecule has 0 saturated heterocycles. The Balaban J connectivity index is 1.68. The maximum absolute atomic E-state index is 13.2. The highest BCUT2D eigenvalue weighted by atomic mass is 32.1. The number of carbonyl (C=O) groups excluding carboxylic acids is 4. The lowest BCUT2D eigenvalue weighted by atomic mass is 9.75. The quantitative estimate of drug-likeness (QED) is 0.349. The SMILES string of the molecule is O=C1c2ccccc2C(=O)C1C(c1ccc([N+](=O)[O-])s1)C1C(=O)c2ccccc2C1=O.